The highest BCUT2D eigenvalue weighted by molar-refractivity contribution is 7.92. The monoisotopic (exact) mass is 542 g/mol. The fraction of sp³-hybridized carbons (Fsp3) is 0.333. The Morgan fingerprint density at radius 1 is 1.00 bits per heavy atom. The largest absolute Gasteiger partial charge is 0.485 e. The summed E-state index contributed by atoms with van der Waals surface area (Å²) in [5, 5.41) is 3.44. The summed E-state index contributed by atoms with van der Waals surface area (Å²) in [6, 6.07) is 8.62. The number of sulfonamides is 1. The first kappa shape index (κ1) is 27.0. The van der Waals surface area contributed by atoms with E-state index in [0.29, 0.717) is 17.9 Å². The fourth-order valence-electron chi connectivity index (χ4n) is 3.59. The minimum absolute atomic E-state index is 0.00555. The van der Waals surface area contributed by atoms with Crippen molar-refractivity contribution in [3.63, 3.8) is 0 Å². The van der Waals surface area contributed by atoms with E-state index in [-0.39, 0.29) is 39.7 Å². The molecule has 3 aromatic carbocycles. The van der Waals surface area contributed by atoms with Crippen LogP contribution in [-0.2, 0) is 10.0 Å². The summed E-state index contributed by atoms with van der Waals surface area (Å²) in [6.45, 7) is 5.41. The second-order valence-corrected chi connectivity index (χ2v) is 11.0. The van der Waals surface area contributed by atoms with E-state index < -0.39 is 32.7 Å². The number of hydrogen-bond donors (Lipinski definition) is 1. The van der Waals surface area contributed by atoms with E-state index in [1.807, 2.05) is 0 Å². The van der Waals surface area contributed by atoms with E-state index in [9.17, 15) is 22.4 Å². The number of nitrogens with zero attached hydrogens (tertiary/aromatic N) is 1. The Balaban J connectivity index is 1.81. The summed E-state index contributed by atoms with van der Waals surface area (Å²) in [6.07, 6.45) is 0.454. The van der Waals surface area contributed by atoms with Gasteiger partial charge in [0.1, 0.15) is 11.5 Å². The highest BCUT2D eigenvalue weighted by Gasteiger charge is 2.31. The number of rotatable bonds is 11. The van der Waals surface area contributed by atoms with Gasteiger partial charge in [0.25, 0.3) is 20.9 Å². The van der Waals surface area contributed by atoms with Gasteiger partial charge in [-0.25, -0.2) is 12.8 Å². The van der Waals surface area contributed by atoms with Crippen LogP contribution in [0.15, 0.2) is 56.9 Å². The Morgan fingerprint density at radius 3 is 2.26 bits per heavy atom. The van der Waals surface area contributed by atoms with E-state index in [1.165, 1.54) is 36.4 Å². The number of halogens is 3. The minimum atomic E-state index is -4.17. The molecule has 1 unspecified atom stereocenters. The molecule has 7 nitrogen and oxygen atoms in total. The van der Waals surface area contributed by atoms with Gasteiger partial charge in [-0.15, -0.1) is 0 Å². The average molecular weight is 543 g/mol. The smallest absolute Gasteiger partial charge is 0.272 e. The number of benzene rings is 2. The molecule has 0 saturated carbocycles. The van der Waals surface area contributed by atoms with E-state index in [0.717, 1.165) is 10.4 Å². The van der Waals surface area contributed by atoms with Gasteiger partial charge in [0, 0.05) is 22.6 Å². The van der Waals surface area contributed by atoms with Gasteiger partial charge in [-0.2, -0.15) is 0 Å². The molecule has 0 radical (unpaired) electrons. The first-order valence-electron chi connectivity index (χ1n) is 10.9. The maximum absolute atomic E-state index is 14.8. The average Bonchev–Trinajstić information content (AvgIpc) is 2.80. The zero-order chi connectivity index (χ0) is 25.9. The van der Waals surface area contributed by atoms with Crippen LogP contribution < -0.4 is 25.2 Å². The lowest BCUT2D eigenvalue weighted by molar-refractivity contribution is 0.238. The lowest BCUT2D eigenvalue weighted by atomic mass is 10.1. The van der Waals surface area contributed by atoms with Gasteiger partial charge in [0.05, 0.1) is 16.7 Å². The Bertz CT molecular complexity index is 1370. The van der Waals surface area contributed by atoms with Crippen LogP contribution in [0, 0.1) is 5.82 Å². The Morgan fingerprint density at radius 2 is 1.63 bits per heavy atom. The van der Waals surface area contributed by atoms with Crippen LogP contribution in [0.2, 0.25) is 10.0 Å². The Kier molecular flexibility index (Phi) is 8.46. The van der Waals surface area contributed by atoms with Crippen LogP contribution in [0.3, 0.4) is 0 Å². The van der Waals surface area contributed by atoms with Crippen LogP contribution in [0.5, 0.6) is 5.75 Å². The van der Waals surface area contributed by atoms with Crippen LogP contribution in [0.25, 0.3) is 0 Å². The second-order valence-electron chi connectivity index (χ2n) is 8.30. The molecule has 35 heavy (non-hydrogen) atoms. The van der Waals surface area contributed by atoms with Crippen molar-refractivity contribution < 1.29 is 17.5 Å². The first-order chi connectivity index (χ1) is 16.4. The van der Waals surface area contributed by atoms with Crippen molar-refractivity contribution in [3.05, 3.63) is 78.8 Å². The summed E-state index contributed by atoms with van der Waals surface area (Å²) in [4.78, 5) is 23.5. The van der Waals surface area contributed by atoms with E-state index in [2.05, 4.69) is 5.32 Å². The summed E-state index contributed by atoms with van der Waals surface area (Å²) >= 11 is 11.9. The molecular formula is C24H25Cl2FN2O5S. The van der Waals surface area contributed by atoms with Crippen LogP contribution >= 0.6 is 23.2 Å². The standard InChI is InChI=1S/C24H25Cl2FN2O5S/c1-14(2)34-24-21(22(30)23(24)31)28-12-4-5-15(3)29(20-13-17(26)8-11-19(20)27)35(32,33)18-9-6-16(25)7-10-18/h6-11,13-15,28H,4-5,12H2,1-3H3. The number of anilines is 2. The predicted octanol–water partition coefficient (Wildman–Crippen LogP) is 4.99. The van der Waals surface area contributed by atoms with Crippen LogP contribution in [0.4, 0.5) is 15.8 Å². The molecule has 1 N–H and O–H groups in total. The molecule has 11 heteroatoms. The van der Waals surface area contributed by atoms with Gasteiger partial charge < -0.3 is 10.1 Å². The van der Waals surface area contributed by atoms with Crippen molar-refractivity contribution in [1.29, 1.82) is 0 Å². The topological polar surface area (TPSA) is 92.8 Å². The molecule has 0 aromatic heterocycles. The summed E-state index contributed by atoms with van der Waals surface area (Å²) in [5.74, 6) is -0.734. The van der Waals surface area contributed by atoms with E-state index in [1.54, 1.807) is 20.8 Å². The van der Waals surface area contributed by atoms with Crippen molar-refractivity contribution in [3.8, 4) is 5.75 Å². The molecule has 0 saturated heterocycles. The molecule has 0 heterocycles. The molecule has 0 aliphatic carbocycles. The fourth-order valence-corrected chi connectivity index (χ4v) is 5.56. The van der Waals surface area contributed by atoms with Crippen LogP contribution in [0.1, 0.15) is 33.6 Å². The van der Waals surface area contributed by atoms with Crippen LogP contribution in [-0.4, -0.2) is 27.1 Å². The van der Waals surface area contributed by atoms with Gasteiger partial charge in [-0.3, -0.25) is 13.9 Å². The van der Waals surface area contributed by atoms with E-state index in [4.69, 9.17) is 27.9 Å². The van der Waals surface area contributed by atoms with Crippen molar-refractivity contribution >= 4 is 44.6 Å². The normalized spacial score (nSPS) is 12.7. The van der Waals surface area contributed by atoms with E-state index >= 15 is 0 Å². The third-order valence-electron chi connectivity index (χ3n) is 5.24. The van der Waals surface area contributed by atoms with Gasteiger partial charge >= 0.3 is 0 Å². The quantitative estimate of drug-likeness (QED) is 0.271. The maximum atomic E-state index is 14.8. The van der Waals surface area contributed by atoms with Crippen molar-refractivity contribution in [1.82, 2.24) is 0 Å². The molecule has 0 fully saturated rings. The summed E-state index contributed by atoms with van der Waals surface area (Å²) < 4.78 is 48.2. The van der Waals surface area contributed by atoms with Crippen molar-refractivity contribution in [2.75, 3.05) is 16.2 Å². The summed E-state index contributed by atoms with van der Waals surface area (Å²) in [5.41, 5.74) is -1.39. The van der Waals surface area contributed by atoms with Crippen molar-refractivity contribution in [2.24, 2.45) is 0 Å². The number of nitrogens with one attached hydrogen (secondary N) is 1. The SMILES string of the molecule is CC(C)Oc1c(NCCCC(C)N(c2cc(Cl)ccc2F)S(=O)(=O)c2ccc(Cl)cc2)c(=O)c1=O. The van der Waals surface area contributed by atoms with Gasteiger partial charge in [-0.1, -0.05) is 23.2 Å². The Labute approximate surface area is 213 Å². The lowest BCUT2D eigenvalue weighted by Gasteiger charge is -2.31. The third kappa shape index (κ3) is 5.97. The molecule has 3 rings (SSSR count). The Hall–Kier alpha value is -2.62. The molecule has 188 valence electrons. The van der Waals surface area contributed by atoms with Gasteiger partial charge in [0.2, 0.25) is 0 Å². The molecule has 0 aliphatic rings. The highest BCUT2D eigenvalue weighted by atomic mass is 35.5. The molecule has 0 bridgehead atoms. The first-order valence-corrected chi connectivity index (χ1v) is 13.1. The molecule has 3 aromatic rings. The molecule has 1 atom stereocenters. The molecule has 0 amide bonds. The second kappa shape index (κ2) is 11.0. The lowest BCUT2D eigenvalue weighted by Crippen LogP contribution is -2.40. The minimum Gasteiger partial charge on any atom is -0.485 e. The highest BCUT2D eigenvalue weighted by Crippen LogP contribution is 2.32. The third-order valence-corrected chi connectivity index (χ3v) is 7.67. The van der Waals surface area contributed by atoms with Gasteiger partial charge in [0.15, 0.2) is 5.75 Å². The zero-order valence-electron chi connectivity index (χ0n) is 19.3. The number of hydrogen-bond acceptors (Lipinski definition) is 6. The number of ether oxygens (including phenoxy) is 1. The van der Waals surface area contributed by atoms with Gasteiger partial charge in [-0.05, 0) is 76.1 Å². The predicted molar refractivity (Wildman–Crippen MR) is 137 cm³/mol. The van der Waals surface area contributed by atoms with Crippen molar-refractivity contribution in [2.45, 2.75) is 50.7 Å². The zero-order valence-corrected chi connectivity index (χ0v) is 21.7. The molecular weight excluding hydrogens is 518 g/mol. The molecule has 0 aliphatic heterocycles. The summed E-state index contributed by atoms with van der Waals surface area (Å²) in [7, 11) is -4.17. The maximum Gasteiger partial charge on any atom is 0.272 e. The molecule has 0 spiro atoms.